The van der Waals surface area contributed by atoms with E-state index in [1.54, 1.807) is 29.7 Å². The van der Waals surface area contributed by atoms with Gasteiger partial charge in [-0.25, -0.2) is 10.2 Å². The number of nitrogens with one attached hydrogen (secondary N) is 2. The summed E-state index contributed by atoms with van der Waals surface area (Å²) >= 11 is 7.48. The minimum atomic E-state index is -0.347. The monoisotopic (exact) mass is 357 g/mol. The molecule has 0 saturated carbocycles. The number of thiophene rings is 1. The molecule has 3 aromatic rings. The zero-order chi connectivity index (χ0) is 16.9. The first-order valence-electron chi connectivity index (χ1n) is 7.43. The van der Waals surface area contributed by atoms with Gasteiger partial charge < -0.3 is 5.32 Å². The van der Waals surface area contributed by atoms with Gasteiger partial charge >= 0.3 is 6.03 Å². The van der Waals surface area contributed by atoms with Crippen LogP contribution in [-0.2, 0) is 6.54 Å². The van der Waals surface area contributed by atoms with Gasteiger partial charge in [0.2, 0.25) is 0 Å². The van der Waals surface area contributed by atoms with E-state index in [1.165, 1.54) is 15.6 Å². The van der Waals surface area contributed by atoms with Crippen LogP contribution in [0.5, 0.6) is 0 Å². The molecular formula is C18H16ClN3OS. The number of hydrogen-bond donors (Lipinski definition) is 2. The summed E-state index contributed by atoms with van der Waals surface area (Å²) in [6, 6.07) is 15.2. The molecule has 122 valence electrons. The summed E-state index contributed by atoms with van der Waals surface area (Å²) in [4.78, 5) is 12.8. The number of fused-ring (bicyclic) bond motifs is 1. The topological polar surface area (TPSA) is 53.5 Å². The molecule has 2 aromatic carbocycles. The first kappa shape index (κ1) is 16.5. The highest BCUT2D eigenvalue weighted by atomic mass is 35.5. The average molecular weight is 358 g/mol. The van der Waals surface area contributed by atoms with Crippen molar-refractivity contribution in [3.05, 3.63) is 69.6 Å². The summed E-state index contributed by atoms with van der Waals surface area (Å²) in [5.41, 5.74) is 4.62. The largest absolute Gasteiger partial charge is 0.335 e. The molecule has 0 aliphatic rings. The predicted molar refractivity (Wildman–Crippen MR) is 101 cm³/mol. The molecule has 0 saturated heterocycles. The second-order valence-corrected chi connectivity index (χ2v) is 6.79. The molecule has 2 amide bonds. The van der Waals surface area contributed by atoms with Gasteiger partial charge in [0, 0.05) is 16.3 Å². The van der Waals surface area contributed by atoms with Gasteiger partial charge in [0.25, 0.3) is 0 Å². The Kier molecular flexibility index (Phi) is 5.13. The molecule has 0 aliphatic heterocycles. The summed E-state index contributed by atoms with van der Waals surface area (Å²) in [5.74, 6) is 0. The normalized spacial score (nSPS) is 11.1. The molecule has 0 fully saturated rings. The molecular weight excluding hydrogens is 342 g/mol. The highest BCUT2D eigenvalue weighted by molar-refractivity contribution is 7.20. The first-order chi connectivity index (χ1) is 11.6. The van der Waals surface area contributed by atoms with Crippen molar-refractivity contribution in [3.8, 4) is 0 Å². The highest BCUT2D eigenvalue weighted by Crippen LogP contribution is 2.29. The summed E-state index contributed by atoms with van der Waals surface area (Å²) in [5, 5.41) is 8.66. The summed E-state index contributed by atoms with van der Waals surface area (Å²) in [6.07, 6.45) is 1.68. The van der Waals surface area contributed by atoms with Crippen LogP contribution in [0.2, 0.25) is 5.02 Å². The molecule has 1 heterocycles. The van der Waals surface area contributed by atoms with Crippen molar-refractivity contribution in [3.63, 3.8) is 0 Å². The molecule has 0 radical (unpaired) electrons. The lowest BCUT2D eigenvalue weighted by atomic mass is 10.1. The van der Waals surface area contributed by atoms with Gasteiger partial charge in [-0.15, -0.1) is 11.3 Å². The molecule has 0 unspecified atom stereocenters. The number of amides is 2. The minimum absolute atomic E-state index is 0.347. The number of nitrogens with zero attached hydrogens (tertiary/aromatic N) is 1. The zero-order valence-corrected chi connectivity index (χ0v) is 14.6. The van der Waals surface area contributed by atoms with Crippen molar-refractivity contribution >= 4 is 45.3 Å². The van der Waals surface area contributed by atoms with Crippen LogP contribution in [0, 0.1) is 6.92 Å². The Morgan fingerprint density at radius 3 is 2.71 bits per heavy atom. The summed E-state index contributed by atoms with van der Waals surface area (Å²) in [7, 11) is 0. The summed E-state index contributed by atoms with van der Waals surface area (Å²) < 4.78 is 1.21. The van der Waals surface area contributed by atoms with Crippen LogP contribution >= 0.6 is 22.9 Å². The maximum absolute atomic E-state index is 11.8. The fourth-order valence-electron chi connectivity index (χ4n) is 2.29. The number of halogens is 1. The Labute approximate surface area is 149 Å². The number of aryl methyl sites for hydroxylation is 1. The average Bonchev–Trinajstić information content (AvgIpc) is 2.91. The van der Waals surface area contributed by atoms with Gasteiger partial charge in [-0.05, 0) is 41.6 Å². The van der Waals surface area contributed by atoms with Crippen molar-refractivity contribution in [1.82, 2.24) is 10.7 Å². The lowest BCUT2D eigenvalue weighted by Gasteiger charge is -2.04. The van der Waals surface area contributed by atoms with Gasteiger partial charge in [0.15, 0.2) is 0 Å². The lowest BCUT2D eigenvalue weighted by molar-refractivity contribution is 0.241. The molecule has 0 atom stereocenters. The van der Waals surface area contributed by atoms with Gasteiger partial charge in [-0.1, -0.05) is 41.9 Å². The van der Waals surface area contributed by atoms with E-state index in [4.69, 9.17) is 11.6 Å². The van der Waals surface area contributed by atoms with Crippen molar-refractivity contribution in [2.45, 2.75) is 13.5 Å². The molecule has 0 spiro atoms. The van der Waals surface area contributed by atoms with Crippen molar-refractivity contribution in [1.29, 1.82) is 0 Å². The zero-order valence-electron chi connectivity index (χ0n) is 13.0. The van der Waals surface area contributed by atoms with E-state index in [1.807, 2.05) is 24.3 Å². The molecule has 1 aromatic heterocycles. The Balaban J connectivity index is 1.56. The second-order valence-electron chi connectivity index (χ2n) is 5.27. The number of rotatable bonds is 4. The third kappa shape index (κ3) is 3.93. The maximum atomic E-state index is 11.8. The van der Waals surface area contributed by atoms with Crippen LogP contribution in [0.1, 0.15) is 16.0 Å². The van der Waals surface area contributed by atoms with E-state index in [0.717, 1.165) is 10.4 Å². The standard InChI is InChI=1S/C18H16ClN3OS/c1-12-15-4-2-3-5-16(15)24-17(12)11-21-22-18(23)20-10-13-6-8-14(19)9-7-13/h2-9,11H,10H2,1H3,(H2,20,22,23)/b21-11+. The Morgan fingerprint density at radius 2 is 1.96 bits per heavy atom. The van der Waals surface area contributed by atoms with E-state index in [2.05, 4.69) is 34.9 Å². The summed E-state index contributed by atoms with van der Waals surface area (Å²) in [6.45, 7) is 2.47. The van der Waals surface area contributed by atoms with Crippen molar-refractivity contribution in [2.75, 3.05) is 0 Å². The van der Waals surface area contributed by atoms with Crippen molar-refractivity contribution < 1.29 is 4.79 Å². The quantitative estimate of drug-likeness (QED) is 0.516. The van der Waals surface area contributed by atoms with Crippen LogP contribution in [-0.4, -0.2) is 12.2 Å². The van der Waals surface area contributed by atoms with E-state index in [0.29, 0.717) is 11.6 Å². The van der Waals surface area contributed by atoms with E-state index in [9.17, 15) is 4.79 Å². The molecule has 3 rings (SSSR count). The number of hydrazone groups is 1. The van der Waals surface area contributed by atoms with Crippen LogP contribution in [0.15, 0.2) is 53.6 Å². The van der Waals surface area contributed by atoms with Crippen molar-refractivity contribution in [2.24, 2.45) is 5.10 Å². The molecule has 0 aliphatic carbocycles. The number of benzene rings is 2. The highest BCUT2D eigenvalue weighted by Gasteiger charge is 2.05. The molecule has 2 N–H and O–H groups in total. The van der Waals surface area contributed by atoms with Crippen LogP contribution in [0.25, 0.3) is 10.1 Å². The second kappa shape index (κ2) is 7.47. The predicted octanol–water partition coefficient (Wildman–Crippen LogP) is 4.70. The number of carbonyl (C=O) groups is 1. The Bertz CT molecular complexity index is 887. The molecule has 6 heteroatoms. The van der Waals surface area contributed by atoms with E-state index >= 15 is 0 Å². The third-order valence-corrected chi connectivity index (χ3v) is 5.05. The number of carbonyl (C=O) groups excluding carboxylic acids is 1. The smallest absolute Gasteiger partial charge is 0.333 e. The third-order valence-electron chi connectivity index (χ3n) is 3.59. The molecule has 24 heavy (non-hydrogen) atoms. The Hall–Kier alpha value is -2.37. The Morgan fingerprint density at radius 1 is 1.21 bits per heavy atom. The fraction of sp³-hybridized carbons (Fsp3) is 0.111. The van der Waals surface area contributed by atoms with Gasteiger partial charge in [0.05, 0.1) is 11.1 Å². The maximum Gasteiger partial charge on any atom is 0.335 e. The van der Waals surface area contributed by atoms with Crippen LogP contribution < -0.4 is 10.7 Å². The van der Waals surface area contributed by atoms with Gasteiger partial charge in [-0.3, -0.25) is 0 Å². The molecule has 4 nitrogen and oxygen atoms in total. The number of hydrogen-bond acceptors (Lipinski definition) is 3. The lowest BCUT2D eigenvalue weighted by Crippen LogP contribution is -2.31. The SMILES string of the molecule is Cc1c(/C=N/NC(=O)NCc2ccc(Cl)cc2)sc2ccccc12. The van der Waals surface area contributed by atoms with E-state index < -0.39 is 0 Å². The molecule has 0 bridgehead atoms. The van der Waals surface area contributed by atoms with Crippen LogP contribution in [0.4, 0.5) is 4.79 Å². The fourth-order valence-corrected chi connectivity index (χ4v) is 3.50. The van der Waals surface area contributed by atoms with E-state index in [-0.39, 0.29) is 6.03 Å². The van der Waals surface area contributed by atoms with Gasteiger partial charge in [0.1, 0.15) is 0 Å². The number of urea groups is 1. The first-order valence-corrected chi connectivity index (χ1v) is 8.62. The van der Waals surface area contributed by atoms with Gasteiger partial charge in [-0.2, -0.15) is 5.10 Å². The minimum Gasteiger partial charge on any atom is -0.333 e. The van der Waals surface area contributed by atoms with Crippen LogP contribution in [0.3, 0.4) is 0 Å².